The summed E-state index contributed by atoms with van der Waals surface area (Å²) in [7, 11) is 0. The van der Waals surface area contributed by atoms with Gasteiger partial charge < -0.3 is 5.32 Å². The zero-order chi connectivity index (χ0) is 11.7. The van der Waals surface area contributed by atoms with E-state index in [0.717, 1.165) is 12.0 Å². The van der Waals surface area contributed by atoms with Gasteiger partial charge in [0.05, 0.1) is 0 Å². The molecule has 0 radical (unpaired) electrons. The summed E-state index contributed by atoms with van der Waals surface area (Å²) in [4.78, 5) is 0. The largest absolute Gasteiger partial charge is 0.310 e. The monoisotopic (exact) mass is 229 g/mol. The van der Waals surface area contributed by atoms with Crippen LogP contribution < -0.4 is 5.32 Å². The van der Waals surface area contributed by atoms with Crippen molar-refractivity contribution in [3.63, 3.8) is 0 Å². The smallest absolute Gasteiger partial charge is 0.0151 e. The minimum absolute atomic E-state index is 0.699. The second-order valence-corrected chi connectivity index (χ2v) is 5.75. The average molecular weight is 229 g/mol. The molecule has 1 saturated carbocycles. The molecule has 1 aromatic carbocycles. The molecular formula is C16H23N. The van der Waals surface area contributed by atoms with Gasteiger partial charge in [0.15, 0.2) is 0 Å². The molecule has 0 heterocycles. The van der Waals surface area contributed by atoms with E-state index in [1.54, 1.807) is 11.1 Å². The van der Waals surface area contributed by atoms with Gasteiger partial charge in [-0.2, -0.15) is 0 Å². The average Bonchev–Trinajstić information content (AvgIpc) is 2.94. The van der Waals surface area contributed by atoms with Gasteiger partial charge in [-0.15, -0.1) is 0 Å². The van der Waals surface area contributed by atoms with Gasteiger partial charge in [0.1, 0.15) is 0 Å². The standard InChI is InChI=1S/C16H23N/c1-2-12-8-5-9-16(12)17-15-10-13-6-3-4-7-14(13)11-15/h3-4,6-7,12,15-17H,2,5,8-11H2,1H3. The summed E-state index contributed by atoms with van der Waals surface area (Å²) in [5, 5.41) is 3.93. The van der Waals surface area contributed by atoms with Gasteiger partial charge in [0.25, 0.3) is 0 Å². The zero-order valence-electron chi connectivity index (χ0n) is 10.8. The maximum absolute atomic E-state index is 3.93. The highest BCUT2D eigenvalue weighted by Crippen LogP contribution is 2.30. The summed E-state index contributed by atoms with van der Waals surface area (Å²) >= 11 is 0. The predicted molar refractivity (Wildman–Crippen MR) is 72.2 cm³/mol. The molecule has 1 aromatic rings. The van der Waals surface area contributed by atoms with Crippen LogP contribution in [0.3, 0.4) is 0 Å². The van der Waals surface area contributed by atoms with Gasteiger partial charge in [-0.25, -0.2) is 0 Å². The molecule has 1 heteroatoms. The Hall–Kier alpha value is -0.820. The van der Waals surface area contributed by atoms with Crippen LogP contribution in [0.1, 0.15) is 43.7 Å². The predicted octanol–water partition coefficient (Wildman–Crippen LogP) is 3.32. The molecule has 2 unspecified atom stereocenters. The SMILES string of the molecule is CCC1CCCC1NC1Cc2ccccc2C1. The van der Waals surface area contributed by atoms with E-state index < -0.39 is 0 Å². The maximum atomic E-state index is 3.93. The lowest BCUT2D eigenvalue weighted by atomic mass is 9.99. The summed E-state index contributed by atoms with van der Waals surface area (Å²) in [6.07, 6.45) is 8.08. The molecular weight excluding hydrogens is 206 g/mol. The summed E-state index contributed by atoms with van der Waals surface area (Å²) < 4.78 is 0. The van der Waals surface area contributed by atoms with Crippen molar-refractivity contribution < 1.29 is 0 Å². The van der Waals surface area contributed by atoms with E-state index >= 15 is 0 Å². The molecule has 92 valence electrons. The molecule has 1 fully saturated rings. The van der Waals surface area contributed by atoms with Crippen LogP contribution in [-0.2, 0) is 12.8 Å². The van der Waals surface area contributed by atoms with Crippen molar-refractivity contribution in [2.45, 2.75) is 57.5 Å². The van der Waals surface area contributed by atoms with Crippen LogP contribution in [0, 0.1) is 5.92 Å². The normalized spacial score (nSPS) is 28.5. The maximum Gasteiger partial charge on any atom is 0.0151 e. The fraction of sp³-hybridized carbons (Fsp3) is 0.625. The zero-order valence-corrected chi connectivity index (χ0v) is 10.8. The van der Waals surface area contributed by atoms with Crippen LogP contribution in [0.4, 0.5) is 0 Å². The van der Waals surface area contributed by atoms with Gasteiger partial charge in [0.2, 0.25) is 0 Å². The topological polar surface area (TPSA) is 12.0 Å². The Morgan fingerprint density at radius 1 is 1.12 bits per heavy atom. The number of rotatable bonds is 3. The van der Waals surface area contributed by atoms with Crippen LogP contribution in [0.15, 0.2) is 24.3 Å². The molecule has 2 atom stereocenters. The first-order valence-electron chi connectivity index (χ1n) is 7.19. The van der Waals surface area contributed by atoms with Crippen LogP contribution in [0.2, 0.25) is 0 Å². The van der Waals surface area contributed by atoms with Crippen molar-refractivity contribution in [2.24, 2.45) is 5.92 Å². The van der Waals surface area contributed by atoms with E-state index in [1.165, 1.54) is 38.5 Å². The third-order valence-corrected chi connectivity index (χ3v) is 4.68. The van der Waals surface area contributed by atoms with E-state index in [4.69, 9.17) is 0 Å². The van der Waals surface area contributed by atoms with Crippen molar-refractivity contribution in [3.8, 4) is 0 Å². The number of benzene rings is 1. The molecule has 1 nitrogen and oxygen atoms in total. The molecule has 0 spiro atoms. The molecule has 0 aromatic heterocycles. The Bertz CT molecular complexity index is 360. The molecule has 0 aliphatic heterocycles. The third-order valence-electron chi connectivity index (χ3n) is 4.68. The second kappa shape index (κ2) is 4.81. The first kappa shape index (κ1) is 11.3. The van der Waals surface area contributed by atoms with Crippen LogP contribution in [0.25, 0.3) is 0 Å². The Kier molecular flexibility index (Phi) is 3.19. The van der Waals surface area contributed by atoms with Crippen LogP contribution in [-0.4, -0.2) is 12.1 Å². The molecule has 0 saturated heterocycles. The summed E-state index contributed by atoms with van der Waals surface area (Å²) in [6, 6.07) is 10.4. The Morgan fingerprint density at radius 2 is 1.82 bits per heavy atom. The van der Waals surface area contributed by atoms with Crippen molar-refractivity contribution in [2.75, 3.05) is 0 Å². The lowest BCUT2D eigenvalue weighted by Gasteiger charge is -2.23. The van der Waals surface area contributed by atoms with Crippen molar-refractivity contribution in [3.05, 3.63) is 35.4 Å². The molecule has 0 amide bonds. The molecule has 0 bridgehead atoms. The first-order valence-corrected chi connectivity index (χ1v) is 7.19. The van der Waals surface area contributed by atoms with Crippen LogP contribution >= 0.6 is 0 Å². The van der Waals surface area contributed by atoms with E-state index in [2.05, 4.69) is 36.5 Å². The van der Waals surface area contributed by atoms with Gasteiger partial charge >= 0.3 is 0 Å². The third kappa shape index (κ3) is 2.26. The number of hydrogen-bond acceptors (Lipinski definition) is 1. The van der Waals surface area contributed by atoms with Gasteiger partial charge in [-0.3, -0.25) is 0 Å². The van der Waals surface area contributed by atoms with Crippen LogP contribution in [0.5, 0.6) is 0 Å². The quantitative estimate of drug-likeness (QED) is 0.838. The lowest BCUT2D eigenvalue weighted by molar-refractivity contribution is 0.351. The molecule has 1 N–H and O–H groups in total. The number of hydrogen-bond donors (Lipinski definition) is 1. The van der Waals surface area contributed by atoms with Gasteiger partial charge in [0, 0.05) is 12.1 Å². The van der Waals surface area contributed by atoms with Gasteiger partial charge in [-0.1, -0.05) is 44.0 Å². The van der Waals surface area contributed by atoms with Crippen molar-refractivity contribution >= 4 is 0 Å². The van der Waals surface area contributed by atoms with Gasteiger partial charge in [-0.05, 0) is 42.7 Å². The van der Waals surface area contributed by atoms with E-state index in [1.807, 2.05) is 0 Å². The number of fused-ring (bicyclic) bond motifs is 1. The summed E-state index contributed by atoms with van der Waals surface area (Å²) in [5.41, 5.74) is 3.13. The summed E-state index contributed by atoms with van der Waals surface area (Å²) in [6.45, 7) is 2.34. The fourth-order valence-electron chi connectivity index (χ4n) is 3.72. The minimum Gasteiger partial charge on any atom is -0.310 e. The Balaban J connectivity index is 1.62. The minimum atomic E-state index is 0.699. The highest BCUT2D eigenvalue weighted by molar-refractivity contribution is 5.33. The highest BCUT2D eigenvalue weighted by Gasteiger charge is 2.29. The molecule has 2 aliphatic rings. The van der Waals surface area contributed by atoms with Crippen molar-refractivity contribution in [1.29, 1.82) is 0 Å². The Morgan fingerprint density at radius 3 is 2.47 bits per heavy atom. The fourth-order valence-corrected chi connectivity index (χ4v) is 3.72. The molecule has 3 rings (SSSR count). The molecule has 2 aliphatic carbocycles. The second-order valence-electron chi connectivity index (χ2n) is 5.75. The van der Waals surface area contributed by atoms with E-state index in [-0.39, 0.29) is 0 Å². The molecule has 17 heavy (non-hydrogen) atoms. The number of nitrogens with one attached hydrogen (secondary N) is 1. The summed E-state index contributed by atoms with van der Waals surface area (Å²) in [5.74, 6) is 0.929. The lowest BCUT2D eigenvalue weighted by Crippen LogP contribution is -2.40. The highest BCUT2D eigenvalue weighted by atomic mass is 15.0. The first-order chi connectivity index (χ1) is 8.36. The Labute approximate surface area is 105 Å². The van der Waals surface area contributed by atoms with Crippen molar-refractivity contribution in [1.82, 2.24) is 5.32 Å². The van der Waals surface area contributed by atoms with E-state index in [9.17, 15) is 0 Å². The van der Waals surface area contributed by atoms with E-state index in [0.29, 0.717) is 6.04 Å².